The van der Waals surface area contributed by atoms with Crippen LogP contribution in [0.1, 0.15) is 16.1 Å². The van der Waals surface area contributed by atoms with E-state index in [1.54, 1.807) is 18.2 Å². The van der Waals surface area contributed by atoms with Crippen molar-refractivity contribution in [2.24, 2.45) is 0 Å². The topological polar surface area (TPSA) is 66.9 Å². The van der Waals surface area contributed by atoms with Crippen molar-refractivity contribution in [1.82, 2.24) is 15.3 Å². The molecule has 0 saturated heterocycles. The third-order valence-corrected chi connectivity index (χ3v) is 3.32. The molecule has 0 aliphatic carbocycles. The van der Waals surface area contributed by atoms with Gasteiger partial charge in [0.15, 0.2) is 0 Å². The molecule has 0 radical (unpaired) electrons. The fourth-order valence-electron chi connectivity index (χ4n) is 2.10. The number of carbonyl (C=O) groups excluding carboxylic acids is 1. The van der Waals surface area contributed by atoms with Crippen molar-refractivity contribution in [3.63, 3.8) is 0 Å². The minimum Gasteiger partial charge on any atom is -0.347 e. The lowest BCUT2D eigenvalue weighted by Crippen LogP contribution is -2.24. The lowest BCUT2D eigenvalue weighted by molar-refractivity contribution is 0.0945. The number of nitrogens with one attached hydrogen (secondary N) is 2. The summed E-state index contributed by atoms with van der Waals surface area (Å²) < 4.78 is 13.6. The first-order chi connectivity index (χ1) is 11.7. The van der Waals surface area contributed by atoms with Crippen molar-refractivity contribution < 1.29 is 9.18 Å². The zero-order valence-corrected chi connectivity index (χ0v) is 12.7. The molecule has 0 aliphatic rings. The summed E-state index contributed by atoms with van der Waals surface area (Å²) in [6, 6.07) is 17.2. The first kappa shape index (κ1) is 15.6. The number of hydrogen-bond donors (Lipinski definition) is 2. The van der Waals surface area contributed by atoms with Crippen LogP contribution in [0.3, 0.4) is 0 Å². The van der Waals surface area contributed by atoms with Crippen LogP contribution in [0, 0.1) is 5.82 Å². The third-order valence-electron chi connectivity index (χ3n) is 3.32. The van der Waals surface area contributed by atoms with E-state index in [4.69, 9.17) is 0 Å². The molecular formula is C18H15FN4O. The summed E-state index contributed by atoms with van der Waals surface area (Å²) in [5, 5.41) is 5.67. The molecule has 0 saturated carbocycles. The molecule has 5 nitrogen and oxygen atoms in total. The molecule has 24 heavy (non-hydrogen) atoms. The van der Waals surface area contributed by atoms with E-state index in [-0.39, 0.29) is 18.1 Å². The number of aromatic nitrogens is 2. The van der Waals surface area contributed by atoms with E-state index in [9.17, 15) is 9.18 Å². The highest BCUT2D eigenvalue weighted by Gasteiger charge is 2.10. The van der Waals surface area contributed by atoms with Gasteiger partial charge in [-0.15, -0.1) is 0 Å². The lowest BCUT2D eigenvalue weighted by Gasteiger charge is -2.08. The number of amides is 1. The van der Waals surface area contributed by atoms with Crippen molar-refractivity contribution in [2.45, 2.75) is 6.54 Å². The van der Waals surface area contributed by atoms with Gasteiger partial charge in [-0.3, -0.25) is 4.79 Å². The van der Waals surface area contributed by atoms with Crippen LogP contribution in [-0.2, 0) is 6.54 Å². The van der Waals surface area contributed by atoms with E-state index < -0.39 is 5.91 Å². The van der Waals surface area contributed by atoms with E-state index >= 15 is 0 Å². The summed E-state index contributed by atoms with van der Waals surface area (Å²) in [6.07, 6.45) is 1.50. The van der Waals surface area contributed by atoms with E-state index in [2.05, 4.69) is 20.6 Å². The summed E-state index contributed by atoms with van der Waals surface area (Å²) in [5.74, 6) is -0.427. The number of para-hydroxylation sites is 1. The van der Waals surface area contributed by atoms with Gasteiger partial charge in [0.2, 0.25) is 5.95 Å². The average Bonchev–Trinajstić information content (AvgIpc) is 2.62. The average molecular weight is 322 g/mol. The normalized spacial score (nSPS) is 10.2. The number of halogens is 1. The molecule has 2 aromatic carbocycles. The van der Waals surface area contributed by atoms with Gasteiger partial charge in [0.1, 0.15) is 11.5 Å². The SMILES string of the molecule is O=C(NCc1ccccc1F)c1ccnc(Nc2ccccc2)n1. The van der Waals surface area contributed by atoms with Crippen molar-refractivity contribution in [1.29, 1.82) is 0 Å². The predicted octanol–water partition coefficient (Wildman–Crippen LogP) is 3.29. The molecule has 0 atom stereocenters. The molecule has 1 aromatic heterocycles. The fourth-order valence-corrected chi connectivity index (χ4v) is 2.10. The molecule has 0 unspecified atom stereocenters. The first-order valence-electron chi connectivity index (χ1n) is 7.39. The van der Waals surface area contributed by atoms with Gasteiger partial charge in [0, 0.05) is 24.0 Å². The number of nitrogens with zero attached hydrogens (tertiary/aromatic N) is 2. The Morgan fingerprint density at radius 1 is 1.00 bits per heavy atom. The first-order valence-corrected chi connectivity index (χ1v) is 7.39. The summed E-state index contributed by atoms with van der Waals surface area (Å²) in [4.78, 5) is 20.4. The number of rotatable bonds is 5. The summed E-state index contributed by atoms with van der Waals surface area (Å²) in [5.41, 5.74) is 1.45. The van der Waals surface area contributed by atoms with E-state index in [1.165, 1.54) is 18.3 Å². The molecule has 0 aliphatic heterocycles. The standard InChI is InChI=1S/C18H15FN4O/c19-15-9-5-4-6-13(15)12-21-17(24)16-10-11-20-18(23-16)22-14-7-2-1-3-8-14/h1-11H,12H2,(H,21,24)(H,20,22,23). The smallest absolute Gasteiger partial charge is 0.270 e. The van der Waals surface area contributed by atoms with Gasteiger partial charge < -0.3 is 10.6 Å². The van der Waals surface area contributed by atoms with Gasteiger partial charge >= 0.3 is 0 Å². The van der Waals surface area contributed by atoms with Gasteiger partial charge in [-0.2, -0.15) is 0 Å². The molecule has 6 heteroatoms. The third kappa shape index (κ3) is 3.92. The highest BCUT2D eigenvalue weighted by atomic mass is 19.1. The minimum absolute atomic E-state index is 0.0942. The minimum atomic E-state index is -0.392. The Morgan fingerprint density at radius 3 is 2.54 bits per heavy atom. The van der Waals surface area contributed by atoms with Gasteiger partial charge in [-0.05, 0) is 24.3 Å². The van der Waals surface area contributed by atoms with Crippen LogP contribution in [0.15, 0.2) is 66.9 Å². The Bertz CT molecular complexity index is 839. The maximum Gasteiger partial charge on any atom is 0.270 e. The Morgan fingerprint density at radius 2 is 1.75 bits per heavy atom. The van der Waals surface area contributed by atoms with E-state index in [0.29, 0.717) is 11.5 Å². The second kappa shape index (κ2) is 7.32. The van der Waals surface area contributed by atoms with E-state index in [0.717, 1.165) is 5.69 Å². The van der Waals surface area contributed by atoms with Crippen molar-refractivity contribution in [2.75, 3.05) is 5.32 Å². The van der Waals surface area contributed by atoms with Crippen LogP contribution in [0.2, 0.25) is 0 Å². The second-order valence-electron chi connectivity index (χ2n) is 5.03. The van der Waals surface area contributed by atoms with E-state index in [1.807, 2.05) is 30.3 Å². The largest absolute Gasteiger partial charge is 0.347 e. The Labute approximate surface area is 138 Å². The van der Waals surface area contributed by atoms with Crippen LogP contribution >= 0.6 is 0 Å². The zero-order chi connectivity index (χ0) is 16.8. The zero-order valence-electron chi connectivity index (χ0n) is 12.7. The second-order valence-corrected chi connectivity index (χ2v) is 5.03. The highest BCUT2D eigenvalue weighted by Crippen LogP contribution is 2.12. The Balaban J connectivity index is 1.67. The van der Waals surface area contributed by atoms with Gasteiger partial charge in [-0.25, -0.2) is 14.4 Å². The quantitative estimate of drug-likeness (QED) is 0.756. The molecule has 0 fully saturated rings. The van der Waals surface area contributed by atoms with Crippen LogP contribution in [0.4, 0.5) is 16.0 Å². The van der Waals surface area contributed by atoms with Crippen LogP contribution in [0.5, 0.6) is 0 Å². The van der Waals surface area contributed by atoms with Crippen molar-refractivity contribution in [3.05, 3.63) is 83.9 Å². The molecule has 1 amide bonds. The number of benzene rings is 2. The van der Waals surface area contributed by atoms with Crippen molar-refractivity contribution >= 4 is 17.5 Å². The maximum atomic E-state index is 13.6. The molecule has 3 aromatic rings. The van der Waals surface area contributed by atoms with Crippen LogP contribution in [0.25, 0.3) is 0 Å². The molecule has 120 valence electrons. The van der Waals surface area contributed by atoms with Crippen molar-refractivity contribution in [3.8, 4) is 0 Å². The van der Waals surface area contributed by atoms with Crippen LogP contribution in [-0.4, -0.2) is 15.9 Å². The molecule has 0 bridgehead atoms. The van der Waals surface area contributed by atoms with Gasteiger partial charge in [0.25, 0.3) is 5.91 Å². The highest BCUT2D eigenvalue weighted by molar-refractivity contribution is 5.92. The number of carbonyl (C=O) groups is 1. The lowest BCUT2D eigenvalue weighted by atomic mass is 10.2. The summed E-state index contributed by atoms with van der Waals surface area (Å²) in [7, 11) is 0. The molecule has 2 N–H and O–H groups in total. The van der Waals surface area contributed by atoms with Gasteiger partial charge in [0.05, 0.1) is 0 Å². The number of anilines is 2. The van der Waals surface area contributed by atoms with Gasteiger partial charge in [-0.1, -0.05) is 36.4 Å². The predicted molar refractivity (Wildman–Crippen MR) is 89.3 cm³/mol. The molecule has 0 spiro atoms. The van der Waals surface area contributed by atoms with Crippen LogP contribution < -0.4 is 10.6 Å². The Hall–Kier alpha value is -3.28. The maximum absolute atomic E-state index is 13.6. The number of hydrogen-bond acceptors (Lipinski definition) is 4. The summed E-state index contributed by atoms with van der Waals surface area (Å²) in [6.45, 7) is 0.0942. The molecular weight excluding hydrogens is 307 g/mol. The Kier molecular flexibility index (Phi) is 4.76. The summed E-state index contributed by atoms with van der Waals surface area (Å²) >= 11 is 0. The molecule has 3 rings (SSSR count). The molecule has 1 heterocycles. The monoisotopic (exact) mass is 322 g/mol. The fraction of sp³-hybridized carbons (Fsp3) is 0.0556.